The summed E-state index contributed by atoms with van der Waals surface area (Å²) in [5.41, 5.74) is 1.32. The minimum absolute atomic E-state index is 0.121. The number of nitrogens with one attached hydrogen (secondary N) is 1. The highest BCUT2D eigenvalue weighted by Crippen LogP contribution is 2.34. The van der Waals surface area contributed by atoms with Crippen molar-refractivity contribution in [2.24, 2.45) is 0 Å². The molecule has 0 saturated carbocycles. The lowest BCUT2D eigenvalue weighted by molar-refractivity contribution is 0.0937. The van der Waals surface area contributed by atoms with E-state index in [2.05, 4.69) is 17.4 Å². The van der Waals surface area contributed by atoms with Crippen LogP contribution in [0.25, 0.3) is 0 Å². The molecule has 1 atom stereocenters. The zero-order valence-electron chi connectivity index (χ0n) is 13.9. The van der Waals surface area contributed by atoms with E-state index in [1.54, 1.807) is 0 Å². The normalized spacial score (nSPS) is 20.7. The first-order chi connectivity index (χ1) is 12.1. The molecule has 0 radical (unpaired) electrons. The van der Waals surface area contributed by atoms with Crippen LogP contribution in [-0.4, -0.2) is 25.7 Å². The maximum Gasteiger partial charge on any atom is 0.252 e. The van der Waals surface area contributed by atoms with Crippen LogP contribution < -0.4 is 5.32 Å². The summed E-state index contributed by atoms with van der Waals surface area (Å²) in [6.07, 6.45) is 2.73. The lowest BCUT2D eigenvalue weighted by Gasteiger charge is -2.33. The summed E-state index contributed by atoms with van der Waals surface area (Å²) < 4.78 is 18.8. The summed E-state index contributed by atoms with van der Waals surface area (Å²) in [5, 5.41) is 3.12. The second-order valence-corrected chi connectivity index (χ2v) is 6.83. The number of halogens is 2. The first-order valence-corrected chi connectivity index (χ1v) is 8.85. The van der Waals surface area contributed by atoms with Crippen LogP contribution >= 0.6 is 11.6 Å². The molecule has 2 aromatic carbocycles. The Morgan fingerprint density at radius 3 is 2.72 bits per heavy atom. The molecule has 1 aliphatic heterocycles. The van der Waals surface area contributed by atoms with Crippen molar-refractivity contribution in [2.45, 2.75) is 24.7 Å². The third-order valence-electron chi connectivity index (χ3n) is 4.82. The number of carbonyl (C=O) groups is 1. The minimum Gasteiger partial charge on any atom is -0.381 e. The van der Waals surface area contributed by atoms with Gasteiger partial charge in [0.1, 0.15) is 5.82 Å². The largest absolute Gasteiger partial charge is 0.381 e. The molecule has 25 heavy (non-hydrogen) atoms. The predicted octanol–water partition coefficient (Wildman–Crippen LogP) is 4.35. The van der Waals surface area contributed by atoms with Gasteiger partial charge in [0.15, 0.2) is 0 Å². The van der Waals surface area contributed by atoms with Crippen molar-refractivity contribution in [3.63, 3.8) is 0 Å². The van der Waals surface area contributed by atoms with Gasteiger partial charge in [0.2, 0.25) is 0 Å². The van der Waals surface area contributed by atoms with Gasteiger partial charge in [-0.05, 0) is 43.0 Å². The molecule has 3 nitrogen and oxygen atoms in total. The maximum atomic E-state index is 13.2. The van der Waals surface area contributed by atoms with E-state index < -0.39 is 5.82 Å². The molecule has 132 valence electrons. The van der Waals surface area contributed by atoms with Gasteiger partial charge in [0.25, 0.3) is 5.91 Å². The van der Waals surface area contributed by atoms with Crippen molar-refractivity contribution >= 4 is 17.5 Å². The fraction of sp³-hybridized carbons (Fsp3) is 0.350. The van der Waals surface area contributed by atoms with E-state index in [4.69, 9.17) is 16.3 Å². The minimum atomic E-state index is -0.455. The summed E-state index contributed by atoms with van der Waals surface area (Å²) in [6, 6.07) is 14.0. The Morgan fingerprint density at radius 1 is 1.16 bits per heavy atom. The number of amides is 1. The van der Waals surface area contributed by atoms with E-state index in [1.807, 2.05) is 18.2 Å². The highest BCUT2D eigenvalue weighted by atomic mass is 35.5. The Labute approximate surface area is 152 Å². The number of benzene rings is 2. The molecular formula is C20H21ClFNO2. The zero-order valence-corrected chi connectivity index (χ0v) is 14.7. The highest BCUT2D eigenvalue weighted by molar-refractivity contribution is 6.33. The molecule has 1 N–H and O–H groups in total. The molecule has 0 aromatic heterocycles. The van der Waals surface area contributed by atoms with Gasteiger partial charge in [-0.2, -0.15) is 0 Å². The Morgan fingerprint density at radius 2 is 1.96 bits per heavy atom. The molecule has 3 rings (SSSR count). The summed E-state index contributed by atoms with van der Waals surface area (Å²) in [5.74, 6) is -0.742. The molecule has 0 aliphatic carbocycles. The number of hydrogen-bond acceptors (Lipinski definition) is 2. The first kappa shape index (κ1) is 17.9. The van der Waals surface area contributed by atoms with Crippen LogP contribution in [0, 0.1) is 5.82 Å². The van der Waals surface area contributed by atoms with E-state index in [9.17, 15) is 9.18 Å². The van der Waals surface area contributed by atoms with Gasteiger partial charge in [-0.3, -0.25) is 4.79 Å². The van der Waals surface area contributed by atoms with Crippen molar-refractivity contribution in [2.75, 3.05) is 19.8 Å². The van der Waals surface area contributed by atoms with Crippen LogP contribution in [0.3, 0.4) is 0 Å². The van der Waals surface area contributed by atoms with Gasteiger partial charge >= 0.3 is 0 Å². The average Bonchev–Trinajstić information content (AvgIpc) is 2.87. The Hall–Kier alpha value is -1.91. The second-order valence-electron chi connectivity index (χ2n) is 6.42. The van der Waals surface area contributed by atoms with Crippen LogP contribution in [0.15, 0.2) is 48.5 Å². The summed E-state index contributed by atoms with van der Waals surface area (Å²) >= 11 is 6.00. The molecule has 0 unspecified atom stereocenters. The molecule has 1 amide bonds. The number of ether oxygens (including phenoxy) is 1. The van der Waals surface area contributed by atoms with E-state index in [0.717, 1.165) is 31.9 Å². The molecule has 1 saturated heterocycles. The average molecular weight is 362 g/mol. The molecule has 0 bridgehead atoms. The zero-order chi connectivity index (χ0) is 17.7. The summed E-state index contributed by atoms with van der Waals surface area (Å²) in [4.78, 5) is 12.5. The van der Waals surface area contributed by atoms with E-state index in [-0.39, 0.29) is 21.9 Å². The van der Waals surface area contributed by atoms with Crippen molar-refractivity contribution < 1.29 is 13.9 Å². The van der Waals surface area contributed by atoms with Gasteiger partial charge in [0, 0.05) is 25.2 Å². The SMILES string of the molecule is O=C(NC[C@@]1(c2ccccc2)CCCOCC1)c1ccc(F)cc1Cl. The monoisotopic (exact) mass is 361 g/mol. The van der Waals surface area contributed by atoms with Gasteiger partial charge in [-0.15, -0.1) is 0 Å². The molecule has 2 aromatic rings. The van der Waals surface area contributed by atoms with Crippen LogP contribution in [0.5, 0.6) is 0 Å². The molecule has 5 heteroatoms. The van der Waals surface area contributed by atoms with Gasteiger partial charge in [-0.25, -0.2) is 4.39 Å². The Kier molecular flexibility index (Phi) is 5.71. The highest BCUT2D eigenvalue weighted by Gasteiger charge is 2.33. The quantitative estimate of drug-likeness (QED) is 0.879. The second kappa shape index (κ2) is 7.98. The summed E-state index contributed by atoms with van der Waals surface area (Å²) in [6.45, 7) is 1.90. The van der Waals surface area contributed by atoms with Gasteiger partial charge < -0.3 is 10.1 Å². The fourth-order valence-electron chi connectivity index (χ4n) is 3.38. The van der Waals surface area contributed by atoms with E-state index in [0.29, 0.717) is 13.2 Å². The standard InChI is InChI=1S/C20H21ClFNO2/c21-18-13-16(22)7-8-17(18)19(24)23-14-20(9-4-11-25-12-10-20)15-5-2-1-3-6-15/h1-3,5-8,13H,4,9-12,14H2,(H,23,24)/t20-/m1/s1. The number of rotatable bonds is 4. The van der Waals surface area contributed by atoms with Crippen molar-refractivity contribution in [3.8, 4) is 0 Å². The van der Waals surface area contributed by atoms with Crippen LogP contribution in [0.1, 0.15) is 35.2 Å². The van der Waals surface area contributed by atoms with Crippen molar-refractivity contribution in [3.05, 3.63) is 70.5 Å². The lowest BCUT2D eigenvalue weighted by Crippen LogP contribution is -2.41. The van der Waals surface area contributed by atoms with E-state index >= 15 is 0 Å². The van der Waals surface area contributed by atoms with Gasteiger partial charge in [-0.1, -0.05) is 41.9 Å². The Bertz CT molecular complexity index is 728. The van der Waals surface area contributed by atoms with Gasteiger partial charge in [0.05, 0.1) is 10.6 Å². The summed E-state index contributed by atoms with van der Waals surface area (Å²) in [7, 11) is 0. The molecular weight excluding hydrogens is 341 g/mol. The molecule has 1 fully saturated rings. The maximum absolute atomic E-state index is 13.2. The molecule has 1 aliphatic rings. The molecule has 1 heterocycles. The van der Waals surface area contributed by atoms with Crippen LogP contribution in [0.2, 0.25) is 5.02 Å². The molecule has 0 spiro atoms. The fourth-order valence-corrected chi connectivity index (χ4v) is 3.64. The van der Waals surface area contributed by atoms with Crippen LogP contribution in [0.4, 0.5) is 4.39 Å². The third-order valence-corrected chi connectivity index (χ3v) is 5.13. The third kappa shape index (κ3) is 4.20. The Balaban J connectivity index is 1.80. The van der Waals surface area contributed by atoms with Crippen molar-refractivity contribution in [1.82, 2.24) is 5.32 Å². The first-order valence-electron chi connectivity index (χ1n) is 8.47. The lowest BCUT2D eigenvalue weighted by atomic mass is 9.74. The number of carbonyl (C=O) groups excluding carboxylic acids is 1. The smallest absolute Gasteiger partial charge is 0.252 e. The van der Waals surface area contributed by atoms with Crippen molar-refractivity contribution in [1.29, 1.82) is 0 Å². The predicted molar refractivity (Wildman–Crippen MR) is 96.5 cm³/mol. The van der Waals surface area contributed by atoms with E-state index in [1.165, 1.54) is 17.7 Å². The number of hydrogen-bond donors (Lipinski definition) is 1. The van der Waals surface area contributed by atoms with Crippen LogP contribution in [-0.2, 0) is 10.2 Å². The topological polar surface area (TPSA) is 38.3 Å².